The van der Waals surface area contributed by atoms with Gasteiger partial charge in [-0.2, -0.15) is 0 Å². The molecule has 2 saturated heterocycles. The Bertz CT molecular complexity index is 760. The monoisotopic (exact) mass is 386 g/mol. The Balaban J connectivity index is 1.67. The van der Waals surface area contributed by atoms with Crippen LogP contribution in [-0.4, -0.2) is 52.5 Å². The molecule has 6 nitrogen and oxygen atoms in total. The Labute approximate surface area is 165 Å². The first kappa shape index (κ1) is 18.4. The van der Waals surface area contributed by atoms with E-state index in [2.05, 4.69) is 44.2 Å². The van der Waals surface area contributed by atoms with Gasteiger partial charge in [0.25, 0.3) is 0 Å². The summed E-state index contributed by atoms with van der Waals surface area (Å²) in [5.41, 5.74) is 2.22. The van der Waals surface area contributed by atoms with Crippen molar-refractivity contribution in [3.8, 4) is 0 Å². The van der Waals surface area contributed by atoms with Crippen LogP contribution in [0.25, 0.3) is 0 Å². The lowest BCUT2D eigenvalue weighted by atomic mass is 10.0. The van der Waals surface area contributed by atoms with E-state index in [-0.39, 0.29) is 18.2 Å². The summed E-state index contributed by atoms with van der Waals surface area (Å²) in [6, 6.07) is 10.4. The van der Waals surface area contributed by atoms with Crippen LogP contribution in [0.3, 0.4) is 0 Å². The summed E-state index contributed by atoms with van der Waals surface area (Å²) < 4.78 is 13.4. The predicted octanol–water partition coefficient (Wildman–Crippen LogP) is 2.68. The smallest absolute Gasteiger partial charge is 0.170 e. The highest BCUT2D eigenvalue weighted by molar-refractivity contribution is 7.80. The SMILES string of the molecule is COCCn1cccc1[C@@H]1[C@H](c2ccccn2)NC(=S)N1C[C@H]1CCCO1. The third kappa shape index (κ3) is 3.85. The number of thiocarbonyl (C=S) groups is 1. The zero-order valence-electron chi connectivity index (χ0n) is 15.6. The van der Waals surface area contributed by atoms with E-state index in [1.165, 1.54) is 5.69 Å². The van der Waals surface area contributed by atoms with Gasteiger partial charge in [-0.25, -0.2) is 0 Å². The van der Waals surface area contributed by atoms with Crippen molar-refractivity contribution in [2.45, 2.75) is 37.6 Å². The molecule has 2 fully saturated rings. The van der Waals surface area contributed by atoms with Gasteiger partial charge in [-0.15, -0.1) is 0 Å². The lowest BCUT2D eigenvalue weighted by molar-refractivity contribution is 0.0831. The molecule has 4 rings (SSSR count). The van der Waals surface area contributed by atoms with Crippen LogP contribution in [0.5, 0.6) is 0 Å². The maximum atomic E-state index is 5.89. The fourth-order valence-electron chi connectivity index (χ4n) is 4.02. The number of nitrogens with one attached hydrogen (secondary N) is 1. The van der Waals surface area contributed by atoms with E-state index in [9.17, 15) is 0 Å². The summed E-state index contributed by atoms with van der Waals surface area (Å²) >= 11 is 5.73. The van der Waals surface area contributed by atoms with Gasteiger partial charge in [0, 0.05) is 44.9 Å². The molecule has 2 aliphatic rings. The summed E-state index contributed by atoms with van der Waals surface area (Å²) in [5, 5.41) is 4.28. The molecule has 0 aromatic carbocycles. The molecule has 3 atom stereocenters. The van der Waals surface area contributed by atoms with Gasteiger partial charge in [-0.05, 0) is 49.3 Å². The maximum Gasteiger partial charge on any atom is 0.170 e. The lowest BCUT2D eigenvalue weighted by Crippen LogP contribution is -2.37. The van der Waals surface area contributed by atoms with Crippen molar-refractivity contribution < 1.29 is 9.47 Å². The van der Waals surface area contributed by atoms with Crippen molar-refractivity contribution >= 4 is 17.3 Å². The number of ether oxygens (including phenoxy) is 2. The first-order valence-corrected chi connectivity index (χ1v) is 9.92. The normalized spacial score (nSPS) is 25.1. The standard InChI is InChI=1S/C20H26N4O2S/c1-25-13-11-23-10-4-8-17(23)19-18(16-7-2-3-9-21-16)22-20(27)24(19)14-15-6-5-12-26-15/h2-4,7-10,15,18-19H,5-6,11-14H2,1H3,(H,22,27)/t15-,18+,19-/m1/s1. The number of pyridine rings is 1. The van der Waals surface area contributed by atoms with E-state index >= 15 is 0 Å². The fourth-order valence-corrected chi connectivity index (χ4v) is 4.34. The average Bonchev–Trinajstić information content (AvgIpc) is 3.42. The van der Waals surface area contributed by atoms with Crippen molar-refractivity contribution in [1.82, 2.24) is 19.8 Å². The molecule has 2 aromatic rings. The Hall–Kier alpha value is -1.96. The first-order chi connectivity index (χ1) is 13.3. The molecular formula is C20H26N4O2S. The summed E-state index contributed by atoms with van der Waals surface area (Å²) in [6.07, 6.45) is 6.39. The van der Waals surface area contributed by atoms with E-state index in [4.69, 9.17) is 21.7 Å². The van der Waals surface area contributed by atoms with Gasteiger partial charge in [0.1, 0.15) is 0 Å². The Morgan fingerprint density at radius 2 is 2.26 bits per heavy atom. The molecule has 0 aliphatic carbocycles. The summed E-state index contributed by atoms with van der Waals surface area (Å²) in [4.78, 5) is 6.88. The van der Waals surface area contributed by atoms with Crippen LogP contribution in [0, 0.1) is 0 Å². The number of hydrogen-bond acceptors (Lipinski definition) is 4. The van der Waals surface area contributed by atoms with Gasteiger partial charge in [-0.1, -0.05) is 6.07 Å². The molecule has 7 heteroatoms. The molecule has 0 radical (unpaired) electrons. The quantitative estimate of drug-likeness (QED) is 0.739. The lowest BCUT2D eigenvalue weighted by Gasteiger charge is -2.30. The van der Waals surface area contributed by atoms with Gasteiger partial charge in [0.05, 0.1) is 30.5 Å². The van der Waals surface area contributed by atoms with Crippen LogP contribution in [0.4, 0.5) is 0 Å². The summed E-state index contributed by atoms with van der Waals surface area (Å²) in [7, 11) is 1.73. The van der Waals surface area contributed by atoms with Crippen LogP contribution in [0.15, 0.2) is 42.7 Å². The summed E-state index contributed by atoms with van der Waals surface area (Å²) in [6.45, 7) is 3.13. The second kappa shape index (κ2) is 8.37. The number of methoxy groups -OCH3 is 1. The molecule has 2 aromatic heterocycles. The second-order valence-corrected chi connectivity index (χ2v) is 7.42. The van der Waals surface area contributed by atoms with Crippen molar-refractivity contribution in [1.29, 1.82) is 0 Å². The first-order valence-electron chi connectivity index (χ1n) is 9.51. The third-order valence-electron chi connectivity index (χ3n) is 5.33. The van der Waals surface area contributed by atoms with Crippen molar-refractivity contribution in [2.75, 3.05) is 26.9 Å². The molecule has 27 heavy (non-hydrogen) atoms. The highest BCUT2D eigenvalue weighted by Crippen LogP contribution is 2.39. The highest BCUT2D eigenvalue weighted by atomic mass is 32.1. The third-order valence-corrected chi connectivity index (χ3v) is 5.68. The fraction of sp³-hybridized carbons (Fsp3) is 0.500. The topological polar surface area (TPSA) is 51.5 Å². The average molecular weight is 387 g/mol. The number of hydrogen-bond donors (Lipinski definition) is 1. The highest BCUT2D eigenvalue weighted by Gasteiger charge is 2.42. The van der Waals surface area contributed by atoms with Crippen molar-refractivity contribution in [3.63, 3.8) is 0 Å². The van der Waals surface area contributed by atoms with Gasteiger partial charge in [-0.3, -0.25) is 4.98 Å². The van der Waals surface area contributed by atoms with Gasteiger partial charge >= 0.3 is 0 Å². The molecule has 4 heterocycles. The molecule has 0 saturated carbocycles. The predicted molar refractivity (Wildman–Crippen MR) is 107 cm³/mol. The zero-order valence-corrected chi connectivity index (χ0v) is 16.4. The minimum absolute atomic E-state index is 0.0105. The summed E-state index contributed by atoms with van der Waals surface area (Å²) in [5.74, 6) is 0. The number of aromatic nitrogens is 2. The van der Waals surface area contributed by atoms with Crippen molar-refractivity contribution in [2.24, 2.45) is 0 Å². The molecule has 0 amide bonds. The van der Waals surface area contributed by atoms with Crippen LogP contribution < -0.4 is 5.32 Å². The molecular weight excluding hydrogens is 360 g/mol. The van der Waals surface area contributed by atoms with E-state index in [0.29, 0.717) is 6.61 Å². The van der Waals surface area contributed by atoms with Crippen LogP contribution in [0.1, 0.15) is 36.3 Å². The van der Waals surface area contributed by atoms with Gasteiger partial charge < -0.3 is 24.3 Å². The molecule has 1 N–H and O–H groups in total. The van der Waals surface area contributed by atoms with E-state index in [1.54, 1.807) is 7.11 Å². The van der Waals surface area contributed by atoms with Crippen LogP contribution in [-0.2, 0) is 16.0 Å². The number of nitrogens with zero attached hydrogens (tertiary/aromatic N) is 3. The minimum atomic E-state index is 0.0105. The van der Waals surface area contributed by atoms with E-state index < -0.39 is 0 Å². The Morgan fingerprint density at radius 1 is 1.33 bits per heavy atom. The largest absolute Gasteiger partial charge is 0.383 e. The molecule has 0 unspecified atom stereocenters. The minimum Gasteiger partial charge on any atom is -0.383 e. The van der Waals surface area contributed by atoms with Crippen LogP contribution >= 0.6 is 12.2 Å². The molecule has 0 bridgehead atoms. The van der Waals surface area contributed by atoms with Gasteiger partial charge in [0.15, 0.2) is 5.11 Å². The van der Waals surface area contributed by atoms with Gasteiger partial charge in [0.2, 0.25) is 0 Å². The molecule has 0 spiro atoms. The Kier molecular flexibility index (Phi) is 5.71. The molecule has 2 aliphatic heterocycles. The van der Waals surface area contributed by atoms with Crippen molar-refractivity contribution in [3.05, 3.63) is 54.1 Å². The maximum absolute atomic E-state index is 5.89. The van der Waals surface area contributed by atoms with E-state index in [1.807, 2.05) is 18.3 Å². The zero-order chi connectivity index (χ0) is 18.6. The van der Waals surface area contributed by atoms with Crippen LogP contribution in [0.2, 0.25) is 0 Å². The number of rotatable bonds is 7. The van der Waals surface area contributed by atoms with E-state index in [0.717, 1.165) is 43.3 Å². The second-order valence-electron chi connectivity index (χ2n) is 7.03. The Morgan fingerprint density at radius 3 is 3.00 bits per heavy atom. The molecule has 144 valence electrons.